The molecule has 2 aromatic heterocycles. The van der Waals surface area contributed by atoms with E-state index in [4.69, 9.17) is 0 Å². The van der Waals surface area contributed by atoms with Gasteiger partial charge in [-0.15, -0.1) is 0 Å². The highest BCUT2D eigenvalue weighted by molar-refractivity contribution is 7.08. The Kier molecular flexibility index (Phi) is 4.67. The molecule has 1 N–H and O–H groups in total. The Morgan fingerprint density at radius 3 is 2.54 bits per heavy atom. The molecule has 1 saturated carbocycles. The zero-order valence-electron chi connectivity index (χ0n) is 13.1. The predicted octanol–water partition coefficient (Wildman–Crippen LogP) is 4.17. The van der Waals surface area contributed by atoms with Crippen LogP contribution in [0, 0.1) is 5.92 Å². The van der Waals surface area contributed by atoms with Crippen LogP contribution in [0.2, 0.25) is 0 Å². The van der Waals surface area contributed by atoms with Crippen LogP contribution in [-0.4, -0.2) is 22.8 Å². The van der Waals surface area contributed by atoms with Crippen LogP contribution < -0.4 is 10.9 Å². The number of halogens is 3. The number of thiophene rings is 1. The lowest BCUT2D eigenvalue weighted by atomic mass is 9.81. The summed E-state index contributed by atoms with van der Waals surface area (Å²) >= 11 is 1.46. The Morgan fingerprint density at radius 2 is 2.00 bits per heavy atom. The second-order valence-electron chi connectivity index (χ2n) is 5.99. The van der Waals surface area contributed by atoms with Crippen molar-refractivity contribution < 1.29 is 13.2 Å². The zero-order chi connectivity index (χ0) is 17.3. The lowest BCUT2D eigenvalue weighted by Gasteiger charge is -2.30. The third-order valence-corrected chi connectivity index (χ3v) is 5.19. The van der Waals surface area contributed by atoms with Crippen LogP contribution in [-0.2, 0) is 0 Å². The topological polar surface area (TPSA) is 46.9 Å². The zero-order valence-corrected chi connectivity index (χ0v) is 14.0. The monoisotopic (exact) mass is 357 g/mol. The van der Waals surface area contributed by atoms with Gasteiger partial charge in [0.15, 0.2) is 0 Å². The van der Waals surface area contributed by atoms with Crippen molar-refractivity contribution in [1.29, 1.82) is 0 Å². The molecule has 2 aromatic rings. The number of rotatable bonds is 3. The number of nitrogens with zero attached hydrogens (tertiary/aromatic N) is 2. The van der Waals surface area contributed by atoms with Gasteiger partial charge in [-0.05, 0) is 37.1 Å². The average molecular weight is 357 g/mol. The second-order valence-corrected chi connectivity index (χ2v) is 6.77. The van der Waals surface area contributed by atoms with Crippen molar-refractivity contribution in [1.82, 2.24) is 9.55 Å². The Bertz CT molecular complexity index is 747. The van der Waals surface area contributed by atoms with Gasteiger partial charge in [0.1, 0.15) is 11.6 Å². The smallest absolute Gasteiger partial charge is 0.373 e. The molecule has 0 saturated heterocycles. The molecule has 0 spiro atoms. The first-order chi connectivity index (χ1) is 11.4. The van der Waals surface area contributed by atoms with Crippen LogP contribution in [0.4, 0.5) is 19.0 Å². The minimum Gasteiger partial charge on any atom is -0.373 e. The first kappa shape index (κ1) is 17.0. The SMILES string of the molecule is CNc1cc(=O)n(-c2ccsc2)c(C2CCC(C(F)(F)F)CC2)n1. The summed E-state index contributed by atoms with van der Waals surface area (Å²) in [7, 11) is 1.67. The maximum absolute atomic E-state index is 12.9. The summed E-state index contributed by atoms with van der Waals surface area (Å²) in [6.07, 6.45) is -3.21. The van der Waals surface area contributed by atoms with Crippen molar-refractivity contribution in [3.8, 4) is 5.69 Å². The maximum atomic E-state index is 12.9. The molecule has 2 heterocycles. The van der Waals surface area contributed by atoms with E-state index in [-0.39, 0.29) is 24.3 Å². The Balaban J connectivity index is 1.96. The van der Waals surface area contributed by atoms with Gasteiger partial charge >= 0.3 is 6.18 Å². The van der Waals surface area contributed by atoms with Gasteiger partial charge in [0.25, 0.3) is 5.56 Å². The van der Waals surface area contributed by atoms with Crippen LogP contribution in [0.1, 0.15) is 37.4 Å². The van der Waals surface area contributed by atoms with Gasteiger partial charge in [0.2, 0.25) is 0 Å². The minimum atomic E-state index is -4.14. The molecule has 0 aliphatic heterocycles. The molecule has 130 valence electrons. The molecule has 1 aliphatic rings. The average Bonchev–Trinajstić information content (AvgIpc) is 3.07. The van der Waals surface area contributed by atoms with Crippen molar-refractivity contribution in [3.05, 3.63) is 39.1 Å². The van der Waals surface area contributed by atoms with E-state index in [0.29, 0.717) is 30.2 Å². The fourth-order valence-corrected chi connectivity index (χ4v) is 3.84. The second kappa shape index (κ2) is 6.58. The summed E-state index contributed by atoms with van der Waals surface area (Å²) < 4.78 is 40.2. The molecule has 0 aromatic carbocycles. The number of alkyl halides is 3. The van der Waals surface area contributed by atoms with E-state index in [1.807, 2.05) is 16.8 Å². The van der Waals surface area contributed by atoms with E-state index < -0.39 is 12.1 Å². The molecule has 1 aliphatic carbocycles. The Morgan fingerprint density at radius 1 is 1.29 bits per heavy atom. The predicted molar refractivity (Wildman–Crippen MR) is 88.0 cm³/mol. The third-order valence-electron chi connectivity index (χ3n) is 4.52. The van der Waals surface area contributed by atoms with Gasteiger partial charge in [0, 0.05) is 24.4 Å². The standard InChI is InChI=1S/C16H18F3N3OS/c1-20-13-8-14(23)22(12-6-7-24-9-12)15(21-13)10-2-4-11(5-3-10)16(17,18)19/h6-11,20H,2-5H2,1H3. The van der Waals surface area contributed by atoms with Crippen molar-refractivity contribution in [2.75, 3.05) is 12.4 Å². The van der Waals surface area contributed by atoms with E-state index in [1.54, 1.807) is 7.05 Å². The van der Waals surface area contributed by atoms with Crippen molar-refractivity contribution in [3.63, 3.8) is 0 Å². The molecule has 0 unspecified atom stereocenters. The van der Waals surface area contributed by atoms with E-state index in [1.165, 1.54) is 22.0 Å². The quantitative estimate of drug-likeness (QED) is 0.897. The summed E-state index contributed by atoms with van der Waals surface area (Å²) in [5.74, 6) is -0.405. The molecule has 0 atom stereocenters. The molecule has 3 rings (SSSR count). The highest BCUT2D eigenvalue weighted by atomic mass is 32.1. The highest BCUT2D eigenvalue weighted by Crippen LogP contribution is 2.42. The van der Waals surface area contributed by atoms with E-state index in [2.05, 4.69) is 10.3 Å². The first-order valence-corrected chi connectivity index (χ1v) is 8.75. The number of hydrogen-bond acceptors (Lipinski definition) is 4. The van der Waals surface area contributed by atoms with Crippen molar-refractivity contribution in [2.24, 2.45) is 5.92 Å². The van der Waals surface area contributed by atoms with Crippen LogP contribution in [0.3, 0.4) is 0 Å². The molecule has 24 heavy (non-hydrogen) atoms. The van der Waals surface area contributed by atoms with Crippen molar-refractivity contribution in [2.45, 2.75) is 37.8 Å². The number of hydrogen-bond donors (Lipinski definition) is 1. The highest BCUT2D eigenvalue weighted by Gasteiger charge is 2.42. The molecule has 8 heteroatoms. The number of nitrogens with one attached hydrogen (secondary N) is 1. The summed E-state index contributed by atoms with van der Waals surface area (Å²) in [6, 6.07) is 3.22. The number of aromatic nitrogens is 2. The molecular formula is C16H18F3N3OS. The van der Waals surface area contributed by atoms with Crippen LogP contribution in [0.15, 0.2) is 27.7 Å². The molecule has 4 nitrogen and oxygen atoms in total. The number of anilines is 1. The molecular weight excluding hydrogens is 339 g/mol. The summed E-state index contributed by atoms with van der Waals surface area (Å²) in [6.45, 7) is 0. The fourth-order valence-electron chi connectivity index (χ4n) is 3.22. The Labute approximate surface area is 141 Å². The lowest BCUT2D eigenvalue weighted by molar-refractivity contribution is -0.182. The molecule has 0 bridgehead atoms. The normalized spacial score (nSPS) is 21.7. The molecule has 1 fully saturated rings. The lowest BCUT2D eigenvalue weighted by Crippen LogP contribution is -2.30. The summed E-state index contributed by atoms with van der Waals surface area (Å²) in [4.78, 5) is 17.0. The summed E-state index contributed by atoms with van der Waals surface area (Å²) in [5, 5.41) is 6.55. The maximum Gasteiger partial charge on any atom is 0.391 e. The van der Waals surface area contributed by atoms with Gasteiger partial charge in [-0.3, -0.25) is 9.36 Å². The van der Waals surface area contributed by atoms with Gasteiger partial charge in [-0.2, -0.15) is 24.5 Å². The van der Waals surface area contributed by atoms with E-state index in [9.17, 15) is 18.0 Å². The van der Waals surface area contributed by atoms with Crippen molar-refractivity contribution >= 4 is 17.2 Å². The fraction of sp³-hybridized carbons (Fsp3) is 0.500. The van der Waals surface area contributed by atoms with Crippen LogP contribution in [0.25, 0.3) is 5.69 Å². The van der Waals surface area contributed by atoms with Gasteiger partial charge in [-0.25, -0.2) is 4.98 Å². The van der Waals surface area contributed by atoms with E-state index in [0.717, 1.165) is 0 Å². The largest absolute Gasteiger partial charge is 0.391 e. The summed E-state index contributed by atoms with van der Waals surface area (Å²) in [5.41, 5.74) is 0.494. The van der Waals surface area contributed by atoms with Gasteiger partial charge in [-0.1, -0.05) is 0 Å². The Hall–Kier alpha value is -1.83. The minimum absolute atomic E-state index is 0.0808. The first-order valence-electron chi connectivity index (χ1n) is 7.81. The van der Waals surface area contributed by atoms with Crippen LogP contribution in [0.5, 0.6) is 0 Å². The third kappa shape index (κ3) is 3.33. The van der Waals surface area contributed by atoms with E-state index >= 15 is 0 Å². The van der Waals surface area contributed by atoms with Gasteiger partial charge < -0.3 is 5.32 Å². The molecule has 0 amide bonds. The molecule has 0 radical (unpaired) electrons. The van der Waals surface area contributed by atoms with Crippen LogP contribution >= 0.6 is 11.3 Å². The van der Waals surface area contributed by atoms with Gasteiger partial charge in [0.05, 0.1) is 11.6 Å².